The van der Waals surface area contributed by atoms with Crippen molar-refractivity contribution in [3.8, 4) is 0 Å². The summed E-state index contributed by atoms with van der Waals surface area (Å²) in [5.74, 6) is -0.365. The first-order valence-electron chi connectivity index (χ1n) is 5.85. The number of para-hydroxylation sites is 1. The largest absolute Gasteiger partial charge is 0.320 e. The van der Waals surface area contributed by atoms with Gasteiger partial charge in [0.15, 0.2) is 0 Å². The highest BCUT2D eigenvalue weighted by Crippen LogP contribution is 2.29. The van der Waals surface area contributed by atoms with Gasteiger partial charge in [-0.15, -0.1) is 0 Å². The fourth-order valence-electron chi connectivity index (χ4n) is 1.58. The van der Waals surface area contributed by atoms with Gasteiger partial charge in [0.25, 0.3) is 0 Å². The van der Waals surface area contributed by atoms with Gasteiger partial charge < -0.3 is 5.32 Å². The number of carbonyl (C=O) groups excluding carboxylic acids is 1. The van der Waals surface area contributed by atoms with Gasteiger partial charge in [-0.05, 0) is 35.9 Å². The van der Waals surface area contributed by atoms with E-state index in [1.807, 2.05) is 0 Å². The second kappa shape index (κ2) is 7.19. The average molecular weight is 361 g/mol. The Morgan fingerprint density at radius 2 is 1.62 bits per heavy atom. The molecule has 0 atom stereocenters. The van der Waals surface area contributed by atoms with Crippen LogP contribution in [0.4, 0.5) is 5.69 Å². The van der Waals surface area contributed by atoms with E-state index in [0.29, 0.717) is 31.3 Å². The maximum atomic E-state index is 11.9. The molecule has 0 saturated carbocycles. The van der Waals surface area contributed by atoms with Gasteiger partial charge in [-0.2, -0.15) is 0 Å². The van der Waals surface area contributed by atoms with Crippen LogP contribution in [0.1, 0.15) is 5.56 Å². The second-order valence-corrected chi connectivity index (χ2v) is 5.74. The number of halogens is 4. The molecule has 0 radical (unpaired) electrons. The third-order valence-electron chi connectivity index (χ3n) is 2.59. The normalized spacial score (nSPS) is 10.9. The summed E-state index contributed by atoms with van der Waals surface area (Å²) >= 11 is 23.8. The van der Waals surface area contributed by atoms with Gasteiger partial charge in [0, 0.05) is 16.1 Å². The van der Waals surface area contributed by atoms with Crippen LogP contribution in [0.2, 0.25) is 20.1 Å². The van der Waals surface area contributed by atoms with Crippen LogP contribution >= 0.6 is 46.4 Å². The standard InChI is InChI=1S/C15H9Cl4NO/c16-10-6-4-9(13(19)8-10)5-7-14(21)20-15-11(17)2-1-3-12(15)18/h1-8H,(H,20,21). The Morgan fingerprint density at radius 3 is 2.24 bits per heavy atom. The Labute approximate surface area is 142 Å². The fraction of sp³-hybridized carbons (Fsp3) is 0. The molecule has 0 aliphatic rings. The minimum Gasteiger partial charge on any atom is -0.320 e. The summed E-state index contributed by atoms with van der Waals surface area (Å²) in [5.41, 5.74) is 1.05. The number of nitrogens with one attached hydrogen (secondary N) is 1. The van der Waals surface area contributed by atoms with Crippen molar-refractivity contribution < 1.29 is 4.79 Å². The predicted octanol–water partition coefficient (Wildman–Crippen LogP) is 5.95. The number of rotatable bonds is 3. The van der Waals surface area contributed by atoms with Crippen LogP contribution in [0.5, 0.6) is 0 Å². The van der Waals surface area contributed by atoms with Crippen LogP contribution in [0, 0.1) is 0 Å². The van der Waals surface area contributed by atoms with Crippen molar-refractivity contribution >= 4 is 64.1 Å². The van der Waals surface area contributed by atoms with Crippen LogP contribution in [0.3, 0.4) is 0 Å². The molecule has 2 aromatic rings. The molecule has 1 amide bonds. The number of carbonyl (C=O) groups is 1. The Bertz CT molecular complexity index is 693. The minimum atomic E-state index is -0.365. The summed E-state index contributed by atoms with van der Waals surface area (Å²) in [6.45, 7) is 0. The molecule has 2 rings (SSSR count). The molecule has 1 N–H and O–H groups in total. The summed E-state index contributed by atoms with van der Waals surface area (Å²) in [6.07, 6.45) is 2.92. The first-order chi connectivity index (χ1) is 9.97. The molecule has 0 aromatic heterocycles. The van der Waals surface area contributed by atoms with Crippen molar-refractivity contribution in [1.29, 1.82) is 0 Å². The molecule has 0 aliphatic heterocycles. The Morgan fingerprint density at radius 1 is 0.952 bits per heavy atom. The molecule has 0 aliphatic carbocycles. The molecule has 2 nitrogen and oxygen atoms in total. The first kappa shape index (κ1) is 16.2. The molecular weight excluding hydrogens is 352 g/mol. The number of hydrogen-bond acceptors (Lipinski definition) is 1. The van der Waals surface area contributed by atoms with Gasteiger partial charge in [-0.3, -0.25) is 4.79 Å². The smallest absolute Gasteiger partial charge is 0.248 e. The van der Waals surface area contributed by atoms with Crippen LogP contribution in [0.25, 0.3) is 6.08 Å². The molecule has 0 heterocycles. The summed E-state index contributed by atoms with van der Waals surface area (Å²) < 4.78 is 0. The van der Waals surface area contributed by atoms with Crippen molar-refractivity contribution in [2.45, 2.75) is 0 Å². The monoisotopic (exact) mass is 359 g/mol. The van der Waals surface area contributed by atoms with E-state index in [1.54, 1.807) is 42.5 Å². The summed E-state index contributed by atoms with van der Waals surface area (Å²) in [4.78, 5) is 11.9. The number of amides is 1. The van der Waals surface area contributed by atoms with Gasteiger partial charge in [-0.1, -0.05) is 58.5 Å². The van der Waals surface area contributed by atoms with Gasteiger partial charge in [-0.25, -0.2) is 0 Å². The lowest BCUT2D eigenvalue weighted by molar-refractivity contribution is -0.111. The fourth-order valence-corrected chi connectivity index (χ4v) is 2.55. The predicted molar refractivity (Wildman–Crippen MR) is 90.6 cm³/mol. The van der Waals surface area contributed by atoms with Crippen molar-refractivity contribution in [3.05, 3.63) is 68.1 Å². The lowest BCUT2D eigenvalue weighted by Gasteiger charge is -2.06. The zero-order valence-electron chi connectivity index (χ0n) is 10.5. The van der Waals surface area contributed by atoms with Crippen molar-refractivity contribution in [2.75, 3.05) is 5.32 Å². The SMILES string of the molecule is O=C(C=Cc1ccc(Cl)cc1Cl)Nc1c(Cl)cccc1Cl. The third-order valence-corrected chi connectivity index (χ3v) is 3.78. The Kier molecular flexibility index (Phi) is 5.54. The minimum absolute atomic E-state index is 0.365. The summed E-state index contributed by atoms with van der Waals surface area (Å²) in [7, 11) is 0. The molecular formula is C15H9Cl4NO. The number of anilines is 1. The average Bonchev–Trinajstić information content (AvgIpc) is 2.42. The van der Waals surface area contributed by atoms with Crippen LogP contribution in [0.15, 0.2) is 42.5 Å². The van der Waals surface area contributed by atoms with Crippen LogP contribution < -0.4 is 5.32 Å². The van der Waals surface area contributed by atoms with Gasteiger partial charge >= 0.3 is 0 Å². The Balaban J connectivity index is 2.13. The van der Waals surface area contributed by atoms with Gasteiger partial charge in [0.05, 0.1) is 15.7 Å². The molecule has 0 spiro atoms. The van der Waals surface area contributed by atoms with E-state index in [1.165, 1.54) is 6.08 Å². The molecule has 108 valence electrons. The highest BCUT2D eigenvalue weighted by molar-refractivity contribution is 6.40. The highest BCUT2D eigenvalue weighted by Gasteiger charge is 2.07. The van der Waals surface area contributed by atoms with Crippen LogP contribution in [-0.4, -0.2) is 5.91 Å². The quantitative estimate of drug-likeness (QED) is 0.673. The maximum Gasteiger partial charge on any atom is 0.248 e. The lowest BCUT2D eigenvalue weighted by atomic mass is 10.2. The van der Waals surface area contributed by atoms with E-state index in [9.17, 15) is 4.79 Å². The molecule has 0 fully saturated rings. The molecule has 0 unspecified atom stereocenters. The molecule has 2 aromatic carbocycles. The molecule has 0 bridgehead atoms. The van der Waals surface area contributed by atoms with E-state index >= 15 is 0 Å². The zero-order valence-corrected chi connectivity index (χ0v) is 13.6. The van der Waals surface area contributed by atoms with Gasteiger partial charge in [0.2, 0.25) is 5.91 Å². The second-order valence-electron chi connectivity index (χ2n) is 4.09. The van der Waals surface area contributed by atoms with E-state index in [-0.39, 0.29) is 5.91 Å². The van der Waals surface area contributed by atoms with E-state index < -0.39 is 0 Å². The van der Waals surface area contributed by atoms with Crippen molar-refractivity contribution in [1.82, 2.24) is 0 Å². The number of hydrogen-bond donors (Lipinski definition) is 1. The van der Waals surface area contributed by atoms with E-state index in [0.717, 1.165) is 0 Å². The van der Waals surface area contributed by atoms with Crippen molar-refractivity contribution in [3.63, 3.8) is 0 Å². The van der Waals surface area contributed by atoms with Crippen molar-refractivity contribution in [2.24, 2.45) is 0 Å². The third kappa shape index (κ3) is 4.39. The maximum absolute atomic E-state index is 11.9. The zero-order chi connectivity index (χ0) is 15.4. The molecule has 6 heteroatoms. The van der Waals surface area contributed by atoms with E-state index in [2.05, 4.69) is 5.32 Å². The highest BCUT2D eigenvalue weighted by atomic mass is 35.5. The summed E-state index contributed by atoms with van der Waals surface area (Å²) in [6, 6.07) is 9.99. The van der Waals surface area contributed by atoms with E-state index in [4.69, 9.17) is 46.4 Å². The van der Waals surface area contributed by atoms with Crippen LogP contribution in [-0.2, 0) is 4.79 Å². The Hall–Kier alpha value is -1.19. The summed E-state index contributed by atoms with van der Waals surface area (Å²) in [5, 5.41) is 4.35. The lowest BCUT2D eigenvalue weighted by Crippen LogP contribution is -2.08. The molecule has 21 heavy (non-hydrogen) atoms. The number of benzene rings is 2. The first-order valence-corrected chi connectivity index (χ1v) is 7.36. The van der Waals surface area contributed by atoms with Gasteiger partial charge in [0.1, 0.15) is 0 Å². The topological polar surface area (TPSA) is 29.1 Å². The molecule has 0 saturated heterocycles.